The molecule has 1 unspecified atom stereocenters. The summed E-state index contributed by atoms with van der Waals surface area (Å²) in [5.41, 5.74) is 2.58. The number of nitrogens with zero attached hydrogens (tertiary/aromatic N) is 3. The second kappa shape index (κ2) is 7.21. The maximum Gasteiger partial charge on any atom is 0.0685 e. The molecule has 3 heterocycles. The van der Waals surface area contributed by atoms with Crippen LogP contribution in [0.4, 0.5) is 0 Å². The Labute approximate surface area is 162 Å². The van der Waals surface area contributed by atoms with E-state index in [1.54, 1.807) is 0 Å². The van der Waals surface area contributed by atoms with Crippen molar-refractivity contribution in [2.45, 2.75) is 77.1 Å². The van der Waals surface area contributed by atoms with E-state index in [0.717, 1.165) is 31.2 Å². The molecule has 5 rings (SSSR count). The van der Waals surface area contributed by atoms with Gasteiger partial charge in [0.25, 0.3) is 0 Å². The largest absolute Gasteiger partial charge is 0.378 e. The first-order chi connectivity index (χ1) is 13.2. The van der Waals surface area contributed by atoms with Crippen LogP contribution in [0.2, 0.25) is 0 Å². The van der Waals surface area contributed by atoms with Crippen molar-refractivity contribution >= 4 is 10.9 Å². The monoisotopic (exact) mass is 367 g/mol. The molecule has 27 heavy (non-hydrogen) atoms. The number of ether oxygens (including phenoxy) is 1. The molecule has 4 atom stereocenters. The zero-order chi connectivity index (χ0) is 18.4. The molecule has 2 aromatic rings. The number of hydrogen-bond donors (Lipinski definition) is 0. The van der Waals surface area contributed by atoms with Crippen LogP contribution in [0.25, 0.3) is 10.9 Å². The molecule has 1 aromatic carbocycles. The summed E-state index contributed by atoms with van der Waals surface area (Å²) in [5.74, 6) is 1.49. The summed E-state index contributed by atoms with van der Waals surface area (Å²) < 4.78 is 8.45. The minimum atomic E-state index is 0.521. The average Bonchev–Trinajstić information content (AvgIpc) is 3.37. The lowest BCUT2D eigenvalue weighted by Gasteiger charge is -2.40. The van der Waals surface area contributed by atoms with Crippen LogP contribution >= 0.6 is 0 Å². The molecule has 1 saturated carbocycles. The zero-order valence-corrected chi connectivity index (χ0v) is 16.8. The van der Waals surface area contributed by atoms with Crippen LogP contribution in [0.5, 0.6) is 0 Å². The van der Waals surface area contributed by atoms with Gasteiger partial charge in [0.2, 0.25) is 0 Å². The van der Waals surface area contributed by atoms with Gasteiger partial charge in [-0.05, 0) is 68.9 Å². The van der Waals surface area contributed by atoms with E-state index in [0.29, 0.717) is 12.0 Å². The minimum Gasteiger partial charge on any atom is -0.378 e. The van der Waals surface area contributed by atoms with E-state index >= 15 is 0 Å². The summed E-state index contributed by atoms with van der Waals surface area (Å²) >= 11 is 0. The average molecular weight is 368 g/mol. The van der Waals surface area contributed by atoms with Crippen molar-refractivity contribution in [3.63, 3.8) is 0 Å². The fourth-order valence-electron chi connectivity index (χ4n) is 5.25. The van der Waals surface area contributed by atoms with Gasteiger partial charge in [-0.2, -0.15) is 5.10 Å². The van der Waals surface area contributed by atoms with Gasteiger partial charge >= 0.3 is 0 Å². The van der Waals surface area contributed by atoms with Crippen LogP contribution < -0.4 is 0 Å². The Morgan fingerprint density at radius 3 is 2.63 bits per heavy atom. The van der Waals surface area contributed by atoms with E-state index in [4.69, 9.17) is 4.74 Å². The molecule has 3 fully saturated rings. The molecule has 2 saturated heterocycles. The molecule has 0 radical (unpaired) electrons. The van der Waals surface area contributed by atoms with Crippen molar-refractivity contribution in [1.82, 2.24) is 14.7 Å². The topological polar surface area (TPSA) is 30.3 Å². The Morgan fingerprint density at radius 1 is 1.11 bits per heavy atom. The second-order valence-electron chi connectivity index (χ2n) is 9.45. The molecule has 0 amide bonds. The Bertz CT molecular complexity index is 782. The van der Waals surface area contributed by atoms with Crippen molar-refractivity contribution in [2.24, 2.45) is 11.8 Å². The van der Waals surface area contributed by atoms with Crippen molar-refractivity contribution in [3.05, 3.63) is 30.0 Å². The van der Waals surface area contributed by atoms with Crippen LogP contribution in [0, 0.1) is 18.8 Å². The number of aryl methyl sites for hydroxylation is 1. The first-order valence-electron chi connectivity index (χ1n) is 10.9. The molecule has 4 nitrogen and oxygen atoms in total. The van der Waals surface area contributed by atoms with Gasteiger partial charge in [-0.15, -0.1) is 0 Å². The molecule has 3 aliphatic rings. The Morgan fingerprint density at radius 2 is 1.89 bits per heavy atom. The second-order valence-corrected chi connectivity index (χ2v) is 9.45. The van der Waals surface area contributed by atoms with Gasteiger partial charge in [0.05, 0.1) is 17.8 Å². The van der Waals surface area contributed by atoms with Crippen LogP contribution in [-0.2, 0) is 11.3 Å². The highest BCUT2D eigenvalue weighted by Gasteiger charge is 2.41. The zero-order valence-electron chi connectivity index (χ0n) is 16.8. The normalized spacial score (nSPS) is 29.5. The van der Waals surface area contributed by atoms with E-state index < -0.39 is 0 Å². The highest BCUT2D eigenvalue weighted by atomic mass is 16.5. The first-order valence-corrected chi connectivity index (χ1v) is 10.9. The molecular weight excluding hydrogens is 334 g/mol. The van der Waals surface area contributed by atoms with Crippen LogP contribution in [-0.4, -0.2) is 46.0 Å². The first kappa shape index (κ1) is 17.7. The third-order valence-corrected chi connectivity index (χ3v) is 6.91. The molecule has 0 spiro atoms. The molecule has 2 bridgehead atoms. The Balaban J connectivity index is 1.19. The smallest absolute Gasteiger partial charge is 0.0685 e. The van der Waals surface area contributed by atoms with Gasteiger partial charge in [-0.25, -0.2) is 0 Å². The van der Waals surface area contributed by atoms with Crippen LogP contribution in [0.15, 0.2) is 24.4 Å². The molecule has 0 N–H and O–H groups in total. The van der Waals surface area contributed by atoms with Gasteiger partial charge in [-0.3, -0.25) is 9.58 Å². The number of hydrogen-bond acceptors (Lipinski definition) is 3. The fourth-order valence-corrected chi connectivity index (χ4v) is 5.25. The van der Waals surface area contributed by atoms with Crippen LogP contribution in [0.1, 0.15) is 51.0 Å². The third kappa shape index (κ3) is 3.79. The molecular formula is C23H33N3O. The minimum absolute atomic E-state index is 0.521. The predicted octanol–water partition coefficient (Wildman–Crippen LogP) is 4.40. The van der Waals surface area contributed by atoms with Crippen LogP contribution in [0.3, 0.4) is 0 Å². The Kier molecular flexibility index (Phi) is 4.73. The van der Waals surface area contributed by atoms with E-state index in [1.807, 2.05) is 6.20 Å². The molecule has 146 valence electrons. The number of aromatic nitrogens is 2. The van der Waals surface area contributed by atoms with Crippen molar-refractivity contribution in [3.8, 4) is 0 Å². The standard InChI is InChI=1S/C23H33N3O/c1-16-3-6-19-12-24-26(23(19)9-16)14-17(2)13-25-20-7-8-21(25)11-22(10-20)27-15-18-4-5-18/h3,6,9,12,17-18,20-22H,4-5,7-8,10-11,13-15H2,1-2H3/t17-,20-,21+,22?/m1/s1. The van der Waals surface area contributed by atoms with Gasteiger partial charge in [-0.1, -0.05) is 19.1 Å². The molecule has 1 aliphatic carbocycles. The van der Waals surface area contributed by atoms with Crippen molar-refractivity contribution in [2.75, 3.05) is 13.2 Å². The van der Waals surface area contributed by atoms with Gasteiger partial charge in [0.1, 0.15) is 0 Å². The summed E-state index contributed by atoms with van der Waals surface area (Å²) in [7, 11) is 0. The SMILES string of the molecule is Cc1ccc2cnn(C[C@H](C)CN3[C@@H]4CC[C@H]3CC(OCC3CC3)C4)c2c1. The lowest BCUT2D eigenvalue weighted by Crippen LogP contribution is -2.47. The highest BCUT2D eigenvalue weighted by molar-refractivity contribution is 5.79. The molecule has 2 aliphatic heterocycles. The fraction of sp³-hybridized carbons (Fsp3) is 0.696. The van der Waals surface area contributed by atoms with Crippen molar-refractivity contribution in [1.29, 1.82) is 0 Å². The molecule has 4 heteroatoms. The summed E-state index contributed by atoms with van der Waals surface area (Å²) in [4.78, 5) is 2.80. The lowest BCUT2D eigenvalue weighted by atomic mass is 9.98. The maximum atomic E-state index is 6.24. The summed E-state index contributed by atoms with van der Waals surface area (Å²) in [6.45, 7) is 7.76. The van der Waals surface area contributed by atoms with Gasteiger partial charge < -0.3 is 4.74 Å². The van der Waals surface area contributed by atoms with E-state index in [2.05, 4.69) is 46.7 Å². The van der Waals surface area contributed by atoms with E-state index in [1.165, 1.54) is 61.5 Å². The number of fused-ring (bicyclic) bond motifs is 3. The summed E-state index contributed by atoms with van der Waals surface area (Å²) in [5, 5.41) is 5.91. The lowest BCUT2D eigenvalue weighted by molar-refractivity contribution is -0.0276. The Hall–Kier alpha value is -1.39. The highest BCUT2D eigenvalue weighted by Crippen LogP contribution is 2.38. The van der Waals surface area contributed by atoms with Crippen molar-refractivity contribution < 1.29 is 4.74 Å². The van der Waals surface area contributed by atoms with Gasteiger partial charge in [0.15, 0.2) is 0 Å². The predicted molar refractivity (Wildman–Crippen MR) is 109 cm³/mol. The number of rotatable bonds is 7. The maximum absolute atomic E-state index is 6.24. The summed E-state index contributed by atoms with van der Waals surface area (Å²) in [6, 6.07) is 8.11. The third-order valence-electron chi connectivity index (χ3n) is 6.91. The van der Waals surface area contributed by atoms with E-state index in [-0.39, 0.29) is 0 Å². The number of benzene rings is 1. The van der Waals surface area contributed by atoms with Gasteiger partial charge in [0, 0.05) is 37.2 Å². The quantitative estimate of drug-likeness (QED) is 0.726. The van der Waals surface area contributed by atoms with E-state index in [9.17, 15) is 0 Å². The molecule has 1 aromatic heterocycles. The summed E-state index contributed by atoms with van der Waals surface area (Å²) in [6.07, 6.45) is 10.5. The number of piperidine rings is 1.